The highest BCUT2D eigenvalue weighted by Crippen LogP contribution is 2.59. The van der Waals surface area contributed by atoms with Crippen molar-refractivity contribution in [2.75, 3.05) is 25.6 Å². The highest BCUT2D eigenvalue weighted by Gasteiger charge is 2.75. The lowest BCUT2D eigenvalue weighted by Crippen LogP contribution is -2.56. The SMILES string of the molecule is CCOC(=O)[C@@H]1[C@@H]2CC[C@]3(O2)[C@H](C(=O)Nc2ccc(OC)cc2)N([C@@H](CO)Cc2ccccc2)C(=O)[C@@H]13. The molecule has 0 saturated carbocycles. The van der Waals surface area contributed by atoms with Gasteiger partial charge < -0.3 is 29.5 Å². The van der Waals surface area contributed by atoms with Crippen molar-refractivity contribution in [3.63, 3.8) is 0 Å². The van der Waals surface area contributed by atoms with E-state index in [1.165, 1.54) is 4.90 Å². The number of methoxy groups -OCH3 is 1. The van der Waals surface area contributed by atoms with Crippen molar-refractivity contribution in [2.24, 2.45) is 11.8 Å². The van der Waals surface area contributed by atoms with Crippen LogP contribution in [-0.2, 0) is 30.3 Å². The second-order valence-corrected chi connectivity index (χ2v) is 9.80. The van der Waals surface area contributed by atoms with Gasteiger partial charge in [-0.25, -0.2) is 0 Å². The number of aliphatic hydroxyl groups excluding tert-OH is 1. The number of anilines is 1. The van der Waals surface area contributed by atoms with Crippen molar-refractivity contribution in [1.29, 1.82) is 0 Å². The molecule has 3 fully saturated rings. The third kappa shape index (κ3) is 4.26. The van der Waals surface area contributed by atoms with Gasteiger partial charge in [0, 0.05) is 5.69 Å². The van der Waals surface area contributed by atoms with Crippen LogP contribution in [0.15, 0.2) is 54.6 Å². The fourth-order valence-corrected chi connectivity index (χ4v) is 6.31. The molecule has 9 nitrogen and oxygen atoms in total. The van der Waals surface area contributed by atoms with Gasteiger partial charge in [-0.15, -0.1) is 0 Å². The van der Waals surface area contributed by atoms with Crippen LogP contribution < -0.4 is 10.1 Å². The molecule has 2 amide bonds. The number of amides is 2. The van der Waals surface area contributed by atoms with Crippen LogP contribution in [0.2, 0.25) is 0 Å². The molecule has 2 bridgehead atoms. The molecule has 196 valence electrons. The number of hydrogen-bond acceptors (Lipinski definition) is 7. The minimum Gasteiger partial charge on any atom is -0.497 e. The number of nitrogens with zero attached hydrogens (tertiary/aromatic N) is 1. The Labute approximate surface area is 215 Å². The second-order valence-electron chi connectivity index (χ2n) is 9.80. The van der Waals surface area contributed by atoms with E-state index in [0.29, 0.717) is 30.7 Å². The van der Waals surface area contributed by atoms with Gasteiger partial charge in [0.2, 0.25) is 11.8 Å². The van der Waals surface area contributed by atoms with E-state index < -0.39 is 47.5 Å². The zero-order valence-electron chi connectivity index (χ0n) is 21.0. The summed E-state index contributed by atoms with van der Waals surface area (Å²) in [4.78, 5) is 42.4. The molecule has 2 N–H and O–H groups in total. The van der Waals surface area contributed by atoms with Crippen LogP contribution in [0, 0.1) is 11.8 Å². The Morgan fingerprint density at radius 1 is 1.19 bits per heavy atom. The Morgan fingerprint density at radius 3 is 2.57 bits per heavy atom. The standard InChI is InChI=1S/C28H32N2O7/c1-3-36-27(34)22-21-13-14-28(37-21)23(22)26(33)30(19(16-31)15-17-7-5-4-6-8-17)24(28)25(32)29-18-9-11-20(35-2)12-10-18/h4-12,19,21-24,31H,3,13-16H2,1-2H3,(H,29,32)/t19-,21+,22-,23-,24+,28-/m1/s1. The lowest BCUT2D eigenvalue weighted by Gasteiger charge is -2.36. The van der Waals surface area contributed by atoms with Crippen LogP contribution in [0.4, 0.5) is 5.69 Å². The van der Waals surface area contributed by atoms with Gasteiger partial charge in [0.25, 0.3) is 0 Å². The van der Waals surface area contributed by atoms with Gasteiger partial charge in [0.1, 0.15) is 17.4 Å². The Morgan fingerprint density at radius 2 is 1.92 bits per heavy atom. The molecule has 3 aliphatic rings. The molecule has 5 rings (SSSR count). The maximum atomic E-state index is 14.1. The molecule has 0 unspecified atom stereocenters. The summed E-state index contributed by atoms with van der Waals surface area (Å²) in [6, 6.07) is 14.7. The fourth-order valence-electron chi connectivity index (χ4n) is 6.31. The topological polar surface area (TPSA) is 114 Å². The van der Waals surface area contributed by atoms with Crippen molar-refractivity contribution in [3.8, 4) is 5.75 Å². The Bertz CT molecular complexity index is 1150. The van der Waals surface area contributed by atoms with Crippen LogP contribution in [0.25, 0.3) is 0 Å². The van der Waals surface area contributed by atoms with Gasteiger partial charge >= 0.3 is 5.97 Å². The van der Waals surface area contributed by atoms with E-state index in [1.54, 1.807) is 38.3 Å². The largest absolute Gasteiger partial charge is 0.497 e. The number of fused-ring (bicyclic) bond motifs is 1. The predicted molar refractivity (Wildman–Crippen MR) is 134 cm³/mol. The lowest BCUT2D eigenvalue weighted by atomic mass is 9.70. The normalized spacial score (nSPS) is 28.6. The van der Waals surface area contributed by atoms with Crippen molar-refractivity contribution in [1.82, 2.24) is 4.90 Å². The highest BCUT2D eigenvalue weighted by atomic mass is 16.6. The minimum atomic E-state index is -1.17. The van der Waals surface area contributed by atoms with E-state index in [0.717, 1.165) is 5.56 Å². The molecular formula is C28H32N2O7. The van der Waals surface area contributed by atoms with Crippen LogP contribution in [0.5, 0.6) is 5.75 Å². The molecule has 0 aliphatic carbocycles. The van der Waals surface area contributed by atoms with E-state index >= 15 is 0 Å². The number of ether oxygens (including phenoxy) is 3. The molecule has 3 aliphatic heterocycles. The number of esters is 1. The maximum absolute atomic E-state index is 14.1. The van der Waals surface area contributed by atoms with E-state index in [9.17, 15) is 19.5 Å². The summed E-state index contributed by atoms with van der Waals surface area (Å²) < 4.78 is 16.9. The average Bonchev–Trinajstić information content (AvgIpc) is 3.56. The first-order valence-electron chi connectivity index (χ1n) is 12.7. The molecule has 3 heterocycles. The number of carbonyl (C=O) groups is 3. The summed E-state index contributed by atoms with van der Waals surface area (Å²) >= 11 is 0. The monoisotopic (exact) mass is 508 g/mol. The first kappa shape index (κ1) is 25.2. The van der Waals surface area contributed by atoms with Gasteiger partial charge in [-0.2, -0.15) is 0 Å². The van der Waals surface area contributed by atoms with Gasteiger partial charge in [0.15, 0.2) is 0 Å². The zero-order valence-corrected chi connectivity index (χ0v) is 21.0. The molecule has 2 aromatic rings. The van der Waals surface area contributed by atoms with Gasteiger partial charge in [-0.1, -0.05) is 30.3 Å². The van der Waals surface area contributed by atoms with Crippen molar-refractivity contribution in [3.05, 3.63) is 60.2 Å². The first-order chi connectivity index (χ1) is 17.9. The number of carbonyl (C=O) groups excluding carboxylic acids is 3. The minimum absolute atomic E-state index is 0.189. The number of likely N-dealkylation sites (tertiary alicyclic amines) is 1. The summed E-state index contributed by atoms with van der Waals surface area (Å²) in [5.41, 5.74) is 0.293. The fraction of sp³-hybridized carbons (Fsp3) is 0.464. The molecule has 0 aromatic heterocycles. The van der Waals surface area contributed by atoms with Crippen LogP contribution >= 0.6 is 0 Å². The molecule has 3 saturated heterocycles. The second kappa shape index (κ2) is 10.1. The number of benzene rings is 2. The van der Waals surface area contributed by atoms with Crippen molar-refractivity contribution >= 4 is 23.5 Å². The van der Waals surface area contributed by atoms with E-state index in [4.69, 9.17) is 14.2 Å². The molecule has 0 radical (unpaired) electrons. The van der Waals surface area contributed by atoms with E-state index in [1.807, 2.05) is 30.3 Å². The number of nitrogens with one attached hydrogen (secondary N) is 1. The predicted octanol–water partition coefficient (Wildman–Crippen LogP) is 2.17. The maximum Gasteiger partial charge on any atom is 0.312 e. The summed E-state index contributed by atoms with van der Waals surface area (Å²) in [6.45, 7) is 1.56. The van der Waals surface area contributed by atoms with Crippen LogP contribution in [-0.4, -0.2) is 71.9 Å². The average molecular weight is 509 g/mol. The van der Waals surface area contributed by atoms with Crippen LogP contribution in [0.3, 0.4) is 0 Å². The number of aliphatic hydroxyl groups is 1. The van der Waals surface area contributed by atoms with Gasteiger partial charge in [-0.05, 0) is 56.0 Å². The highest BCUT2D eigenvalue weighted by molar-refractivity contribution is 6.03. The van der Waals surface area contributed by atoms with Gasteiger partial charge in [0.05, 0.1) is 44.3 Å². The Hall–Kier alpha value is -3.43. The van der Waals surface area contributed by atoms with Crippen molar-refractivity contribution in [2.45, 2.75) is 50.0 Å². The smallest absolute Gasteiger partial charge is 0.312 e. The zero-order chi connectivity index (χ0) is 26.2. The molecule has 9 heteroatoms. The molecule has 37 heavy (non-hydrogen) atoms. The molecule has 6 atom stereocenters. The lowest BCUT2D eigenvalue weighted by molar-refractivity contribution is -0.155. The van der Waals surface area contributed by atoms with Crippen molar-refractivity contribution < 1.29 is 33.7 Å². The molecular weight excluding hydrogens is 476 g/mol. The first-order valence-corrected chi connectivity index (χ1v) is 12.7. The quantitative estimate of drug-likeness (QED) is 0.499. The molecule has 2 aromatic carbocycles. The summed E-state index contributed by atoms with van der Waals surface area (Å²) in [5, 5.41) is 13.4. The summed E-state index contributed by atoms with van der Waals surface area (Å²) in [5.74, 6) is -2.23. The van der Waals surface area contributed by atoms with E-state index in [-0.39, 0.29) is 19.1 Å². The number of hydrogen-bond donors (Lipinski definition) is 2. The summed E-state index contributed by atoms with van der Waals surface area (Å²) in [6.07, 6.45) is 0.889. The summed E-state index contributed by atoms with van der Waals surface area (Å²) in [7, 11) is 1.56. The third-order valence-corrected chi connectivity index (χ3v) is 7.82. The number of rotatable bonds is 9. The van der Waals surface area contributed by atoms with Crippen LogP contribution in [0.1, 0.15) is 25.3 Å². The van der Waals surface area contributed by atoms with E-state index in [2.05, 4.69) is 5.32 Å². The third-order valence-electron chi connectivity index (χ3n) is 7.82. The molecule has 1 spiro atoms. The van der Waals surface area contributed by atoms with Gasteiger partial charge in [-0.3, -0.25) is 14.4 Å². The Kier molecular flexibility index (Phi) is 6.92. The Balaban J connectivity index is 1.52.